The van der Waals surface area contributed by atoms with Gasteiger partial charge in [-0.3, -0.25) is 4.68 Å². The van der Waals surface area contributed by atoms with Crippen LogP contribution in [0.25, 0.3) is 11.1 Å². The number of rotatable bonds is 3. The predicted octanol–water partition coefficient (Wildman–Crippen LogP) is 3.42. The van der Waals surface area contributed by atoms with Gasteiger partial charge in [-0.15, -0.1) is 0 Å². The zero-order chi connectivity index (χ0) is 14.3. The first-order valence-electron chi connectivity index (χ1n) is 7.44. The maximum absolute atomic E-state index is 4.65. The third-order valence-electron chi connectivity index (χ3n) is 4.31. The minimum Gasteiger partial charge on any atom is -0.313 e. The van der Waals surface area contributed by atoms with Crippen LogP contribution in [0.5, 0.6) is 0 Å². The van der Waals surface area contributed by atoms with Crippen LogP contribution in [-0.4, -0.2) is 16.8 Å². The van der Waals surface area contributed by atoms with Crippen molar-refractivity contribution in [2.45, 2.75) is 38.6 Å². The fraction of sp³-hybridized carbons (Fsp3) is 0.471. The van der Waals surface area contributed by atoms with Crippen LogP contribution in [0.2, 0.25) is 0 Å². The van der Waals surface area contributed by atoms with E-state index in [-0.39, 0.29) is 0 Å². The summed E-state index contributed by atoms with van der Waals surface area (Å²) in [4.78, 5) is 0. The lowest BCUT2D eigenvalue weighted by molar-refractivity contribution is 0.590. The smallest absolute Gasteiger partial charge is 0.0728 e. The lowest BCUT2D eigenvalue weighted by Gasteiger charge is -2.13. The number of hydrogen-bond donors (Lipinski definition) is 1. The molecule has 1 aromatic carbocycles. The number of benzene rings is 1. The van der Waals surface area contributed by atoms with E-state index < -0.39 is 0 Å². The molecule has 3 heteroatoms. The van der Waals surface area contributed by atoms with Crippen LogP contribution >= 0.6 is 0 Å². The SMILES string of the molecule is CNC1CCc2c(-c3cn(C)nc3C(C)C)cccc21. The van der Waals surface area contributed by atoms with Gasteiger partial charge < -0.3 is 5.32 Å². The molecule has 20 heavy (non-hydrogen) atoms. The highest BCUT2D eigenvalue weighted by molar-refractivity contribution is 5.72. The molecule has 2 aromatic rings. The third kappa shape index (κ3) is 2.06. The molecule has 1 aliphatic rings. The van der Waals surface area contributed by atoms with Gasteiger partial charge in [0.1, 0.15) is 0 Å². The van der Waals surface area contributed by atoms with Crippen molar-refractivity contribution < 1.29 is 0 Å². The summed E-state index contributed by atoms with van der Waals surface area (Å²) in [6, 6.07) is 7.20. The van der Waals surface area contributed by atoms with Crippen LogP contribution in [0.15, 0.2) is 24.4 Å². The summed E-state index contributed by atoms with van der Waals surface area (Å²) in [5, 5.41) is 8.07. The monoisotopic (exact) mass is 269 g/mol. The largest absolute Gasteiger partial charge is 0.313 e. The van der Waals surface area contributed by atoms with Crippen LogP contribution in [0.3, 0.4) is 0 Å². The first kappa shape index (κ1) is 13.4. The molecule has 0 saturated heterocycles. The number of hydrogen-bond acceptors (Lipinski definition) is 2. The van der Waals surface area contributed by atoms with Gasteiger partial charge in [-0.05, 0) is 42.5 Å². The molecule has 3 rings (SSSR count). The van der Waals surface area contributed by atoms with E-state index in [0.717, 1.165) is 6.42 Å². The predicted molar refractivity (Wildman–Crippen MR) is 82.9 cm³/mol. The van der Waals surface area contributed by atoms with Crippen molar-refractivity contribution in [1.29, 1.82) is 0 Å². The summed E-state index contributed by atoms with van der Waals surface area (Å²) in [6.07, 6.45) is 4.52. The van der Waals surface area contributed by atoms with Crippen molar-refractivity contribution in [1.82, 2.24) is 15.1 Å². The highest BCUT2D eigenvalue weighted by Gasteiger charge is 2.25. The molecule has 0 spiro atoms. The van der Waals surface area contributed by atoms with Gasteiger partial charge >= 0.3 is 0 Å². The molecule has 1 unspecified atom stereocenters. The van der Waals surface area contributed by atoms with E-state index in [2.05, 4.69) is 55.7 Å². The molecule has 3 nitrogen and oxygen atoms in total. The minimum absolute atomic E-state index is 0.448. The molecule has 1 atom stereocenters. The molecule has 0 fully saturated rings. The summed E-state index contributed by atoms with van der Waals surface area (Å²) in [5.41, 5.74) is 6.84. The van der Waals surface area contributed by atoms with Crippen molar-refractivity contribution in [3.8, 4) is 11.1 Å². The van der Waals surface area contributed by atoms with Crippen LogP contribution < -0.4 is 5.32 Å². The first-order valence-corrected chi connectivity index (χ1v) is 7.44. The quantitative estimate of drug-likeness (QED) is 0.925. The Kier molecular flexibility index (Phi) is 3.38. The minimum atomic E-state index is 0.448. The highest BCUT2D eigenvalue weighted by atomic mass is 15.3. The van der Waals surface area contributed by atoms with Gasteiger partial charge in [-0.2, -0.15) is 5.10 Å². The molecule has 0 saturated carbocycles. The topological polar surface area (TPSA) is 29.9 Å². The number of nitrogens with zero attached hydrogens (tertiary/aromatic N) is 2. The van der Waals surface area contributed by atoms with Crippen molar-refractivity contribution in [2.75, 3.05) is 7.05 Å². The number of aromatic nitrogens is 2. The molecule has 1 aromatic heterocycles. The number of aryl methyl sites for hydroxylation is 1. The van der Waals surface area contributed by atoms with Crippen molar-refractivity contribution >= 4 is 0 Å². The Morgan fingerprint density at radius 1 is 1.30 bits per heavy atom. The maximum Gasteiger partial charge on any atom is 0.0728 e. The Morgan fingerprint density at radius 2 is 2.10 bits per heavy atom. The van der Waals surface area contributed by atoms with Gasteiger partial charge in [-0.1, -0.05) is 32.0 Å². The van der Waals surface area contributed by atoms with Crippen molar-refractivity contribution in [3.05, 3.63) is 41.2 Å². The fourth-order valence-electron chi connectivity index (χ4n) is 3.35. The standard InChI is InChI=1S/C17H23N3/c1-11(2)17-15(10-20(4)19-17)12-6-5-7-14-13(12)8-9-16(14)18-3/h5-7,10-11,16,18H,8-9H2,1-4H3. The number of fused-ring (bicyclic) bond motifs is 1. The molecule has 0 bridgehead atoms. The Bertz CT molecular complexity index is 625. The van der Waals surface area contributed by atoms with Gasteiger partial charge in [0.25, 0.3) is 0 Å². The molecule has 1 aliphatic carbocycles. The maximum atomic E-state index is 4.65. The average Bonchev–Trinajstić information content (AvgIpc) is 3.01. The molecule has 106 valence electrons. The van der Waals surface area contributed by atoms with Gasteiger partial charge in [0.05, 0.1) is 5.69 Å². The summed E-state index contributed by atoms with van der Waals surface area (Å²) < 4.78 is 1.94. The van der Waals surface area contributed by atoms with E-state index in [1.165, 1.54) is 34.4 Å². The zero-order valence-corrected chi connectivity index (χ0v) is 12.8. The Labute approximate surface area is 121 Å². The number of nitrogens with one attached hydrogen (secondary N) is 1. The average molecular weight is 269 g/mol. The first-order chi connectivity index (χ1) is 9.61. The Hall–Kier alpha value is -1.61. The lowest BCUT2D eigenvalue weighted by Crippen LogP contribution is -2.12. The van der Waals surface area contributed by atoms with E-state index >= 15 is 0 Å². The van der Waals surface area contributed by atoms with Crippen LogP contribution in [0.4, 0.5) is 0 Å². The summed E-state index contributed by atoms with van der Waals surface area (Å²) in [5.74, 6) is 0.448. The van der Waals surface area contributed by atoms with Crippen LogP contribution in [-0.2, 0) is 13.5 Å². The fourth-order valence-corrected chi connectivity index (χ4v) is 3.35. The second-order valence-electron chi connectivity index (χ2n) is 6.01. The van der Waals surface area contributed by atoms with E-state index in [9.17, 15) is 0 Å². The van der Waals surface area contributed by atoms with Crippen LogP contribution in [0, 0.1) is 0 Å². The summed E-state index contributed by atoms with van der Waals surface area (Å²) in [6.45, 7) is 4.43. The van der Waals surface area contributed by atoms with Crippen molar-refractivity contribution in [2.24, 2.45) is 7.05 Å². The van der Waals surface area contributed by atoms with Gasteiger partial charge in [0, 0.05) is 24.8 Å². The lowest BCUT2D eigenvalue weighted by atomic mass is 9.94. The zero-order valence-electron chi connectivity index (χ0n) is 12.8. The van der Waals surface area contributed by atoms with Gasteiger partial charge in [0.15, 0.2) is 0 Å². The summed E-state index contributed by atoms with van der Waals surface area (Å²) >= 11 is 0. The Morgan fingerprint density at radius 3 is 2.80 bits per heavy atom. The van der Waals surface area contributed by atoms with E-state index in [1.807, 2.05) is 11.7 Å². The molecule has 1 N–H and O–H groups in total. The Balaban J connectivity index is 2.15. The van der Waals surface area contributed by atoms with Gasteiger partial charge in [-0.25, -0.2) is 0 Å². The normalized spacial score (nSPS) is 17.8. The van der Waals surface area contributed by atoms with Gasteiger partial charge in [0.2, 0.25) is 0 Å². The van der Waals surface area contributed by atoms with E-state index in [1.54, 1.807) is 0 Å². The van der Waals surface area contributed by atoms with Crippen LogP contribution in [0.1, 0.15) is 49.0 Å². The molecular weight excluding hydrogens is 246 g/mol. The molecular formula is C17H23N3. The van der Waals surface area contributed by atoms with Crippen molar-refractivity contribution in [3.63, 3.8) is 0 Å². The van der Waals surface area contributed by atoms with E-state index in [0.29, 0.717) is 12.0 Å². The highest BCUT2D eigenvalue weighted by Crippen LogP contribution is 2.39. The summed E-state index contributed by atoms with van der Waals surface area (Å²) in [7, 11) is 4.06. The third-order valence-corrected chi connectivity index (χ3v) is 4.31. The second-order valence-corrected chi connectivity index (χ2v) is 6.01. The molecule has 0 aliphatic heterocycles. The molecule has 0 amide bonds. The second kappa shape index (κ2) is 5.06. The molecule has 0 radical (unpaired) electrons. The molecule has 1 heterocycles. The van der Waals surface area contributed by atoms with E-state index in [4.69, 9.17) is 0 Å².